The molecule has 2 aliphatic rings. The lowest BCUT2D eigenvalue weighted by molar-refractivity contribution is -0.122. The number of benzene rings is 2. The topological polar surface area (TPSA) is 58.2 Å². The van der Waals surface area contributed by atoms with Gasteiger partial charge in [-0.3, -0.25) is 9.59 Å². The van der Waals surface area contributed by atoms with Crippen molar-refractivity contribution in [2.45, 2.75) is 39.2 Å². The number of hydrogen-bond acceptors (Lipinski definition) is 2. The summed E-state index contributed by atoms with van der Waals surface area (Å²) in [4.78, 5) is 24.7. The summed E-state index contributed by atoms with van der Waals surface area (Å²) in [6, 6.07) is 6.55. The maximum absolute atomic E-state index is 14.9. The largest absolute Gasteiger partial charge is 0.352 e. The summed E-state index contributed by atoms with van der Waals surface area (Å²) in [5, 5.41) is 5.05. The molecule has 2 amide bonds. The Morgan fingerprint density at radius 3 is 2.39 bits per heavy atom. The summed E-state index contributed by atoms with van der Waals surface area (Å²) in [5.41, 5.74) is -0.174. The molecule has 2 aliphatic carbocycles. The van der Waals surface area contributed by atoms with Gasteiger partial charge < -0.3 is 10.6 Å². The van der Waals surface area contributed by atoms with Gasteiger partial charge in [0.15, 0.2) is 5.82 Å². The molecule has 0 bridgehead atoms. The Kier molecular flexibility index (Phi) is 5.50. The van der Waals surface area contributed by atoms with E-state index in [0.29, 0.717) is 0 Å². The van der Waals surface area contributed by atoms with Crippen molar-refractivity contribution >= 4 is 29.1 Å². The molecule has 2 unspecified atom stereocenters. The van der Waals surface area contributed by atoms with Crippen molar-refractivity contribution in [1.29, 1.82) is 0 Å². The Labute approximate surface area is 183 Å². The molecular formula is C23H22ClF3N2O2. The van der Waals surface area contributed by atoms with Crippen LogP contribution in [0.25, 0.3) is 0 Å². The van der Waals surface area contributed by atoms with E-state index < -0.39 is 34.7 Å². The van der Waals surface area contributed by atoms with Crippen LogP contribution in [0.5, 0.6) is 0 Å². The van der Waals surface area contributed by atoms with Crippen LogP contribution in [0.3, 0.4) is 0 Å². The first kappa shape index (κ1) is 21.7. The number of carbonyl (C=O) groups is 2. The molecule has 2 N–H and O–H groups in total. The van der Waals surface area contributed by atoms with E-state index in [2.05, 4.69) is 10.6 Å². The Hall–Kier alpha value is -2.54. The number of halogens is 4. The average molecular weight is 451 g/mol. The quantitative estimate of drug-likeness (QED) is 0.638. The first-order valence-electron chi connectivity index (χ1n) is 10.1. The Morgan fingerprint density at radius 2 is 1.74 bits per heavy atom. The van der Waals surface area contributed by atoms with Crippen molar-refractivity contribution < 1.29 is 22.8 Å². The van der Waals surface area contributed by atoms with Crippen molar-refractivity contribution in [3.8, 4) is 0 Å². The van der Waals surface area contributed by atoms with E-state index in [9.17, 15) is 22.8 Å². The van der Waals surface area contributed by atoms with E-state index in [-0.39, 0.29) is 40.6 Å². The molecule has 31 heavy (non-hydrogen) atoms. The van der Waals surface area contributed by atoms with Crippen molar-refractivity contribution in [3.05, 3.63) is 63.9 Å². The summed E-state index contributed by atoms with van der Waals surface area (Å²) in [6.45, 7) is 3.49. The molecule has 2 aromatic rings. The van der Waals surface area contributed by atoms with Crippen LogP contribution in [0.2, 0.25) is 5.02 Å². The normalized spacial score (nSPS) is 21.5. The zero-order valence-corrected chi connectivity index (χ0v) is 17.8. The third kappa shape index (κ3) is 4.15. The second kappa shape index (κ2) is 7.86. The number of anilines is 1. The molecule has 4 rings (SSSR count). The Balaban J connectivity index is 1.49. The predicted octanol–water partition coefficient (Wildman–Crippen LogP) is 5.16. The van der Waals surface area contributed by atoms with E-state index in [1.807, 2.05) is 13.8 Å². The summed E-state index contributed by atoms with van der Waals surface area (Å²) in [6.07, 6.45) is 1.56. The molecule has 164 valence electrons. The fourth-order valence-electron chi connectivity index (χ4n) is 4.19. The summed E-state index contributed by atoms with van der Waals surface area (Å²) in [5.74, 6) is -3.69. The molecule has 2 fully saturated rings. The van der Waals surface area contributed by atoms with Crippen LogP contribution in [0.1, 0.15) is 43.7 Å². The fourth-order valence-corrected chi connectivity index (χ4v) is 4.38. The van der Waals surface area contributed by atoms with Gasteiger partial charge in [-0.05, 0) is 48.1 Å². The van der Waals surface area contributed by atoms with Gasteiger partial charge in [-0.15, -0.1) is 0 Å². The van der Waals surface area contributed by atoms with Crippen LogP contribution in [0, 0.1) is 34.7 Å². The van der Waals surface area contributed by atoms with Gasteiger partial charge in [-0.25, -0.2) is 13.2 Å². The number of hydrogen-bond donors (Lipinski definition) is 2. The summed E-state index contributed by atoms with van der Waals surface area (Å²) in [7, 11) is 0. The highest BCUT2D eigenvalue weighted by Crippen LogP contribution is 2.64. The molecule has 0 saturated heterocycles. The van der Waals surface area contributed by atoms with E-state index in [4.69, 9.17) is 11.6 Å². The molecule has 0 aliphatic heterocycles. The predicted molar refractivity (Wildman–Crippen MR) is 111 cm³/mol. The summed E-state index contributed by atoms with van der Waals surface area (Å²) < 4.78 is 42.5. The maximum atomic E-state index is 14.9. The molecule has 2 atom stereocenters. The van der Waals surface area contributed by atoms with Crippen molar-refractivity contribution in [1.82, 2.24) is 5.32 Å². The van der Waals surface area contributed by atoms with E-state index in [0.717, 1.165) is 30.5 Å². The van der Waals surface area contributed by atoms with Crippen LogP contribution in [-0.4, -0.2) is 11.8 Å². The van der Waals surface area contributed by atoms with Gasteiger partial charge in [-0.2, -0.15) is 0 Å². The smallest absolute Gasteiger partial charge is 0.228 e. The maximum Gasteiger partial charge on any atom is 0.228 e. The van der Waals surface area contributed by atoms with Crippen molar-refractivity contribution in [3.63, 3.8) is 0 Å². The third-order valence-corrected chi connectivity index (χ3v) is 6.53. The molecule has 2 aromatic carbocycles. The minimum atomic E-state index is -0.913. The fraction of sp³-hybridized carbons (Fsp3) is 0.391. The highest BCUT2D eigenvalue weighted by atomic mass is 35.5. The standard InChI is InChI=1S/C23H22ClF3N2O2/c1-23(2)18(12-5-6-16(26)14(24)9-12)19(23)22(31)29-17-8-7-15(25)13(20(17)27)10-28-21(30)11-3-4-11/h5-9,11,18-19H,3-4,10H2,1-2H3,(H,28,30)(H,29,31). The monoisotopic (exact) mass is 450 g/mol. The average Bonchev–Trinajstić information content (AvgIpc) is 3.62. The second-order valence-electron chi connectivity index (χ2n) is 8.82. The van der Waals surface area contributed by atoms with Gasteiger partial charge in [0, 0.05) is 23.9 Å². The highest BCUT2D eigenvalue weighted by Gasteiger charge is 2.62. The van der Waals surface area contributed by atoms with E-state index in [1.54, 1.807) is 6.07 Å². The van der Waals surface area contributed by atoms with Crippen LogP contribution >= 0.6 is 11.6 Å². The minimum absolute atomic E-state index is 0.0261. The number of nitrogens with one attached hydrogen (secondary N) is 2. The lowest BCUT2D eigenvalue weighted by Gasteiger charge is -2.12. The molecule has 2 saturated carbocycles. The van der Waals surface area contributed by atoms with E-state index >= 15 is 0 Å². The van der Waals surface area contributed by atoms with Gasteiger partial charge in [0.25, 0.3) is 0 Å². The van der Waals surface area contributed by atoms with Crippen molar-refractivity contribution in [2.24, 2.45) is 17.3 Å². The molecule has 8 heteroatoms. The van der Waals surface area contributed by atoms with Gasteiger partial charge in [0.2, 0.25) is 11.8 Å². The molecule has 0 radical (unpaired) electrons. The van der Waals surface area contributed by atoms with Crippen molar-refractivity contribution in [2.75, 3.05) is 5.32 Å². The number of carbonyl (C=O) groups excluding carboxylic acids is 2. The van der Waals surface area contributed by atoms with Gasteiger partial charge in [-0.1, -0.05) is 31.5 Å². The first-order chi connectivity index (χ1) is 14.6. The van der Waals surface area contributed by atoms with Gasteiger partial charge >= 0.3 is 0 Å². The van der Waals surface area contributed by atoms with Gasteiger partial charge in [0.1, 0.15) is 11.6 Å². The molecule has 4 nitrogen and oxygen atoms in total. The molecule has 0 heterocycles. The zero-order chi connectivity index (χ0) is 22.5. The van der Waals surface area contributed by atoms with Crippen LogP contribution in [-0.2, 0) is 16.1 Å². The number of rotatable bonds is 6. The van der Waals surface area contributed by atoms with Crippen LogP contribution in [0.15, 0.2) is 30.3 Å². The lowest BCUT2D eigenvalue weighted by Crippen LogP contribution is -2.26. The SMILES string of the molecule is CC1(C)C(C(=O)Nc2ccc(F)c(CNC(=O)C3CC3)c2F)C1c1ccc(F)c(Cl)c1. The Bertz CT molecular complexity index is 1070. The minimum Gasteiger partial charge on any atom is -0.352 e. The van der Waals surface area contributed by atoms with E-state index in [1.165, 1.54) is 12.1 Å². The highest BCUT2D eigenvalue weighted by molar-refractivity contribution is 6.30. The van der Waals surface area contributed by atoms with Crippen LogP contribution in [0.4, 0.5) is 18.9 Å². The van der Waals surface area contributed by atoms with Gasteiger partial charge in [0.05, 0.1) is 16.6 Å². The molecule has 0 spiro atoms. The second-order valence-corrected chi connectivity index (χ2v) is 9.23. The first-order valence-corrected chi connectivity index (χ1v) is 10.5. The number of amides is 2. The molecular weight excluding hydrogens is 429 g/mol. The summed E-state index contributed by atoms with van der Waals surface area (Å²) >= 11 is 5.87. The molecule has 0 aromatic heterocycles. The Morgan fingerprint density at radius 1 is 1.06 bits per heavy atom. The third-order valence-electron chi connectivity index (χ3n) is 6.24. The lowest BCUT2D eigenvalue weighted by atomic mass is 10.0. The van der Waals surface area contributed by atoms with Crippen LogP contribution < -0.4 is 10.6 Å². The zero-order valence-electron chi connectivity index (χ0n) is 17.1.